The molecule has 0 aliphatic carbocycles. The fourth-order valence-electron chi connectivity index (χ4n) is 1.45. The second kappa shape index (κ2) is 5.09. The van der Waals surface area contributed by atoms with E-state index in [1.54, 1.807) is 30.3 Å². The molecular weight excluding hydrogens is 234 g/mol. The molecular formula is C13H9NO4. The van der Waals surface area contributed by atoms with Gasteiger partial charge in [0.15, 0.2) is 0 Å². The van der Waals surface area contributed by atoms with Crippen molar-refractivity contribution in [1.29, 1.82) is 0 Å². The van der Waals surface area contributed by atoms with E-state index in [1.165, 1.54) is 18.4 Å². The Bertz CT molecular complexity index is 585. The maximum Gasteiger partial charge on any atom is 0.320 e. The average Bonchev–Trinajstić information content (AvgIpc) is 2.89. The highest BCUT2D eigenvalue weighted by Gasteiger charge is 2.23. The summed E-state index contributed by atoms with van der Waals surface area (Å²) in [5.74, 6) is -0.372. The molecule has 2 aromatic rings. The maximum atomic E-state index is 12.0. The van der Waals surface area contributed by atoms with E-state index in [9.17, 15) is 14.9 Å². The Labute approximate surface area is 103 Å². The molecule has 0 fully saturated rings. The minimum Gasteiger partial charge on any atom is -0.465 e. The molecule has 0 bridgehead atoms. The highest BCUT2D eigenvalue weighted by molar-refractivity contribution is 6.09. The number of nitrogens with zero attached hydrogens (tertiary/aromatic N) is 1. The minimum absolute atomic E-state index is 0.269. The third-order valence-electron chi connectivity index (χ3n) is 2.29. The SMILES string of the molecule is O=C(/C(=C/c1ccco1)[N+](=O)[O-])c1ccccc1. The summed E-state index contributed by atoms with van der Waals surface area (Å²) in [4.78, 5) is 22.2. The molecule has 1 aromatic carbocycles. The predicted octanol–water partition coefficient (Wildman–Crippen LogP) is 2.78. The molecule has 0 saturated carbocycles. The Kier molecular flexibility index (Phi) is 3.33. The van der Waals surface area contributed by atoms with Crippen LogP contribution in [0.2, 0.25) is 0 Å². The number of benzene rings is 1. The van der Waals surface area contributed by atoms with E-state index in [2.05, 4.69) is 0 Å². The highest BCUT2D eigenvalue weighted by atomic mass is 16.6. The van der Waals surface area contributed by atoms with Gasteiger partial charge in [-0.1, -0.05) is 30.3 Å². The van der Waals surface area contributed by atoms with Gasteiger partial charge in [-0.2, -0.15) is 0 Å². The lowest BCUT2D eigenvalue weighted by molar-refractivity contribution is -0.415. The lowest BCUT2D eigenvalue weighted by Crippen LogP contribution is -2.11. The first-order chi connectivity index (χ1) is 8.68. The zero-order valence-corrected chi connectivity index (χ0v) is 9.28. The molecule has 0 amide bonds. The molecule has 2 rings (SSSR count). The third-order valence-corrected chi connectivity index (χ3v) is 2.29. The largest absolute Gasteiger partial charge is 0.465 e. The zero-order chi connectivity index (χ0) is 13.0. The fourth-order valence-corrected chi connectivity index (χ4v) is 1.45. The van der Waals surface area contributed by atoms with Crippen molar-refractivity contribution in [3.63, 3.8) is 0 Å². The number of Topliss-reactive ketones (excluding diaryl/α,β-unsaturated/α-hetero) is 1. The molecule has 0 unspecified atom stereocenters. The van der Waals surface area contributed by atoms with Crippen LogP contribution in [0.1, 0.15) is 16.1 Å². The van der Waals surface area contributed by atoms with E-state index in [-0.39, 0.29) is 11.3 Å². The summed E-state index contributed by atoms with van der Waals surface area (Å²) < 4.78 is 4.97. The molecule has 5 heteroatoms. The van der Waals surface area contributed by atoms with Crippen LogP contribution < -0.4 is 0 Å². The first kappa shape index (κ1) is 11.8. The van der Waals surface area contributed by atoms with E-state index in [4.69, 9.17) is 4.42 Å². The lowest BCUT2D eigenvalue weighted by atomic mass is 10.1. The van der Waals surface area contributed by atoms with Gasteiger partial charge in [-0.15, -0.1) is 0 Å². The number of carbonyl (C=O) groups excluding carboxylic acids is 1. The summed E-state index contributed by atoms with van der Waals surface area (Å²) in [5, 5.41) is 10.9. The summed E-state index contributed by atoms with van der Waals surface area (Å²) in [6, 6.07) is 11.2. The molecule has 1 aromatic heterocycles. The smallest absolute Gasteiger partial charge is 0.320 e. The topological polar surface area (TPSA) is 73.3 Å². The minimum atomic E-state index is -0.710. The second-order valence-corrected chi connectivity index (χ2v) is 3.50. The first-order valence-corrected chi connectivity index (χ1v) is 5.18. The summed E-state index contributed by atoms with van der Waals surface area (Å²) in [7, 11) is 0. The van der Waals surface area contributed by atoms with Crippen LogP contribution in [0.4, 0.5) is 0 Å². The van der Waals surface area contributed by atoms with Crippen LogP contribution in [0.25, 0.3) is 6.08 Å². The van der Waals surface area contributed by atoms with Gasteiger partial charge in [-0.25, -0.2) is 0 Å². The Balaban J connectivity index is 2.38. The van der Waals surface area contributed by atoms with Gasteiger partial charge in [0.2, 0.25) is 0 Å². The summed E-state index contributed by atoms with van der Waals surface area (Å²) >= 11 is 0. The molecule has 5 nitrogen and oxygen atoms in total. The van der Waals surface area contributed by atoms with Gasteiger partial charge in [0.05, 0.1) is 17.3 Å². The van der Waals surface area contributed by atoms with Gasteiger partial charge >= 0.3 is 5.70 Å². The monoisotopic (exact) mass is 243 g/mol. The number of furan rings is 1. The summed E-state index contributed by atoms with van der Waals surface area (Å²) in [6.07, 6.45) is 2.51. The van der Waals surface area contributed by atoms with Crippen molar-refractivity contribution < 1.29 is 14.1 Å². The van der Waals surface area contributed by atoms with Crippen molar-refractivity contribution in [3.8, 4) is 0 Å². The van der Waals surface area contributed by atoms with Crippen molar-refractivity contribution in [1.82, 2.24) is 0 Å². The molecule has 0 aliphatic rings. The van der Waals surface area contributed by atoms with Gasteiger partial charge in [0, 0.05) is 5.56 Å². The van der Waals surface area contributed by atoms with Crippen LogP contribution in [-0.2, 0) is 0 Å². The van der Waals surface area contributed by atoms with Gasteiger partial charge in [0.1, 0.15) is 5.76 Å². The number of allylic oxidation sites excluding steroid dienone is 1. The van der Waals surface area contributed by atoms with Crippen LogP contribution >= 0.6 is 0 Å². The molecule has 0 radical (unpaired) electrons. The van der Waals surface area contributed by atoms with Gasteiger partial charge in [0.25, 0.3) is 5.78 Å². The van der Waals surface area contributed by atoms with Crippen LogP contribution in [0.5, 0.6) is 0 Å². The number of nitro groups is 1. The zero-order valence-electron chi connectivity index (χ0n) is 9.28. The molecule has 0 spiro atoms. The standard InChI is InChI=1S/C13H9NO4/c15-13(10-5-2-1-3-6-10)12(14(16)17)9-11-7-4-8-18-11/h1-9H/b12-9-. The van der Waals surface area contributed by atoms with Crippen molar-refractivity contribution in [2.45, 2.75) is 0 Å². The van der Waals surface area contributed by atoms with E-state index in [0.717, 1.165) is 6.08 Å². The van der Waals surface area contributed by atoms with E-state index in [1.807, 2.05) is 0 Å². The molecule has 90 valence electrons. The fraction of sp³-hybridized carbons (Fsp3) is 0. The van der Waals surface area contributed by atoms with Gasteiger partial charge < -0.3 is 4.42 Å². The Morgan fingerprint density at radius 3 is 2.44 bits per heavy atom. The Morgan fingerprint density at radius 2 is 1.89 bits per heavy atom. The number of carbonyl (C=O) groups is 1. The number of rotatable bonds is 4. The Hall–Kier alpha value is -2.69. The van der Waals surface area contributed by atoms with Crippen LogP contribution in [0, 0.1) is 10.1 Å². The number of hydrogen-bond donors (Lipinski definition) is 0. The van der Waals surface area contributed by atoms with E-state index in [0.29, 0.717) is 0 Å². The van der Waals surface area contributed by atoms with Crippen molar-refractivity contribution >= 4 is 11.9 Å². The van der Waals surface area contributed by atoms with Crippen LogP contribution in [0.3, 0.4) is 0 Å². The number of ketones is 1. The molecule has 0 aliphatic heterocycles. The Morgan fingerprint density at radius 1 is 1.17 bits per heavy atom. The normalized spacial score (nSPS) is 11.2. The van der Waals surface area contributed by atoms with Crippen molar-refractivity contribution in [2.24, 2.45) is 0 Å². The lowest BCUT2D eigenvalue weighted by Gasteiger charge is -1.97. The molecule has 1 heterocycles. The molecule has 0 atom stereocenters. The predicted molar refractivity (Wildman–Crippen MR) is 64.5 cm³/mol. The first-order valence-electron chi connectivity index (χ1n) is 5.18. The maximum absolute atomic E-state index is 12.0. The quantitative estimate of drug-likeness (QED) is 0.358. The van der Waals surface area contributed by atoms with Crippen LogP contribution in [0.15, 0.2) is 58.8 Å². The average molecular weight is 243 g/mol. The molecule has 0 N–H and O–H groups in total. The molecule has 18 heavy (non-hydrogen) atoms. The molecule has 0 saturated heterocycles. The second-order valence-electron chi connectivity index (χ2n) is 3.50. The number of hydrogen-bond acceptors (Lipinski definition) is 4. The van der Waals surface area contributed by atoms with Crippen LogP contribution in [-0.4, -0.2) is 10.7 Å². The van der Waals surface area contributed by atoms with Crippen molar-refractivity contribution in [3.05, 3.63) is 75.9 Å². The van der Waals surface area contributed by atoms with E-state index < -0.39 is 16.4 Å². The highest BCUT2D eigenvalue weighted by Crippen LogP contribution is 2.13. The van der Waals surface area contributed by atoms with Gasteiger partial charge in [-0.05, 0) is 12.1 Å². The summed E-state index contributed by atoms with van der Waals surface area (Å²) in [6.45, 7) is 0. The van der Waals surface area contributed by atoms with Crippen molar-refractivity contribution in [2.75, 3.05) is 0 Å². The van der Waals surface area contributed by atoms with E-state index >= 15 is 0 Å². The third kappa shape index (κ3) is 2.52. The summed E-state index contributed by atoms with van der Waals surface area (Å²) in [5.41, 5.74) is -0.247. The van der Waals surface area contributed by atoms with Gasteiger partial charge in [-0.3, -0.25) is 14.9 Å².